The number of rotatable bonds is 0. The number of halogens is 1. The Morgan fingerprint density at radius 3 is 2.11 bits per heavy atom. The first-order valence-corrected chi connectivity index (χ1v) is 11.2. The van der Waals surface area contributed by atoms with Crippen LogP contribution in [0.15, 0.2) is 48.5 Å². The Morgan fingerprint density at radius 1 is 1.00 bits per heavy atom. The van der Waals surface area contributed by atoms with Gasteiger partial charge in [0.25, 0.3) is 0 Å². The van der Waals surface area contributed by atoms with E-state index in [0.717, 1.165) is 13.0 Å². The molecule has 0 fully saturated rings. The summed E-state index contributed by atoms with van der Waals surface area (Å²) < 4.78 is 8.75. The third kappa shape index (κ3) is 1.41. The van der Waals surface area contributed by atoms with Gasteiger partial charge in [-0.2, -0.15) is 0 Å². The molecule has 3 heteroatoms. The van der Waals surface area contributed by atoms with Crippen molar-refractivity contribution in [2.75, 3.05) is 6.61 Å². The van der Waals surface area contributed by atoms with Crippen LogP contribution < -0.4 is 8.92 Å². The van der Waals surface area contributed by atoms with Crippen LogP contribution >= 0.6 is 10.1 Å². The van der Waals surface area contributed by atoms with Gasteiger partial charge in [0, 0.05) is 0 Å². The fraction of sp³-hybridized carbons (Fsp3) is 0.250. The van der Waals surface area contributed by atoms with Gasteiger partial charge in [0.1, 0.15) is 0 Å². The van der Waals surface area contributed by atoms with Gasteiger partial charge in [-0.15, -0.1) is 0 Å². The predicted molar refractivity (Wildman–Crippen MR) is 80.8 cm³/mol. The third-order valence-electron chi connectivity index (χ3n) is 4.38. The zero-order valence-corrected chi connectivity index (χ0v) is 13.2. The first-order valence-electron chi connectivity index (χ1n) is 6.53. The summed E-state index contributed by atoms with van der Waals surface area (Å²) >= 11 is -2.72. The molecule has 0 aliphatic carbocycles. The quantitative estimate of drug-likeness (QED) is 0.671. The van der Waals surface area contributed by atoms with E-state index in [1.54, 1.807) is 0 Å². The Morgan fingerprint density at radius 2 is 1.53 bits per heavy atom. The Hall–Kier alpha value is -0.791. The van der Waals surface area contributed by atoms with E-state index in [0.29, 0.717) is 0 Å². The van der Waals surface area contributed by atoms with Crippen LogP contribution in [-0.2, 0) is 9.23 Å². The molecule has 0 unspecified atom stereocenters. The molecule has 0 atom stereocenters. The zero-order valence-electron chi connectivity index (χ0n) is 10.7. The van der Waals surface area contributed by atoms with Gasteiger partial charge < -0.3 is 0 Å². The number of hydrogen-bond acceptors (Lipinski definition) is 1. The summed E-state index contributed by atoms with van der Waals surface area (Å²) in [5.74, 6) is 0. The summed E-state index contributed by atoms with van der Waals surface area (Å²) in [6.45, 7) is 3.08. The Labute approximate surface area is 120 Å². The molecular weight excluding hydrogens is 323 g/mol. The van der Waals surface area contributed by atoms with Crippen molar-refractivity contribution in [3.63, 3.8) is 0 Å². The van der Waals surface area contributed by atoms with Crippen molar-refractivity contribution in [3.05, 3.63) is 59.7 Å². The van der Waals surface area contributed by atoms with Gasteiger partial charge in [-0.3, -0.25) is 0 Å². The molecule has 5 rings (SSSR count). The van der Waals surface area contributed by atoms with E-state index in [1.807, 2.05) is 0 Å². The molecule has 3 aliphatic rings. The normalized spacial score (nSPS) is 34.8. The molecule has 0 aromatic heterocycles. The molecule has 2 aromatic carbocycles. The molecule has 98 valence electrons. The standard InChI is InChI=1S/C16H15ClOSe/c1-16-10-11-18-19(17,14-8-4-2-6-12(14)16)15-9-5-3-7-13(15)16/h2-9H,10-11H2,1H3. The van der Waals surface area contributed by atoms with Gasteiger partial charge in [-0.25, -0.2) is 0 Å². The Kier molecular flexibility index (Phi) is 2.44. The maximum atomic E-state index is 7.06. The van der Waals surface area contributed by atoms with Crippen molar-refractivity contribution in [2.45, 2.75) is 18.8 Å². The molecule has 0 N–H and O–H groups in total. The minimum absolute atomic E-state index is 0.0411. The fourth-order valence-electron chi connectivity index (χ4n) is 3.32. The van der Waals surface area contributed by atoms with Crippen molar-refractivity contribution >= 4 is 31.3 Å². The molecule has 19 heavy (non-hydrogen) atoms. The van der Waals surface area contributed by atoms with Crippen LogP contribution in [0.2, 0.25) is 0 Å². The molecule has 1 nitrogen and oxygen atoms in total. The zero-order chi connectivity index (χ0) is 13.1. The van der Waals surface area contributed by atoms with E-state index >= 15 is 0 Å². The average molecular weight is 338 g/mol. The number of hydrogen-bond donors (Lipinski definition) is 0. The minimum atomic E-state index is -2.72. The second-order valence-electron chi connectivity index (χ2n) is 5.38. The van der Waals surface area contributed by atoms with E-state index in [-0.39, 0.29) is 5.41 Å². The first-order chi connectivity index (χ1) is 9.16. The maximum absolute atomic E-state index is 7.06. The summed E-state index contributed by atoms with van der Waals surface area (Å²) in [6, 6.07) is 17.2. The van der Waals surface area contributed by atoms with Crippen molar-refractivity contribution in [1.29, 1.82) is 0 Å². The molecule has 0 saturated carbocycles. The van der Waals surface area contributed by atoms with Crippen molar-refractivity contribution in [2.24, 2.45) is 0 Å². The van der Waals surface area contributed by atoms with Gasteiger partial charge in [0.2, 0.25) is 0 Å². The molecule has 0 saturated heterocycles. The second kappa shape index (κ2) is 3.86. The summed E-state index contributed by atoms with van der Waals surface area (Å²) in [5, 5.41) is 0. The van der Waals surface area contributed by atoms with Gasteiger partial charge in [0.15, 0.2) is 0 Å². The average Bonchev–Trinajstić information content (AvgIpc) is 2.64. The topological polar surface area (TPSA) is 9.23 Å². The van der Waals surface area contributed by atoms with Crippen LogP contribution in [0, 0.1) is 0 Å². The van der Waals surface area contributed by atoms with Crippen molar-refractivity contribution < 1.29 is 3.82 Å². The fourth-order valence-corrected chi connectivity index (χ4v) is 10.2. The van der Waals surface area contributed by atoms with Gasteiger partial charge in [-0.1, -0.05) is 0 Å². The molecule has 2 aromatic rings. The third-order valence-corrected chi connectivity index (χ3v) is 11.5. The Bertz CT molecular complexity index is 564. The van der Waals surface area contributed by atoms with E-state index in [9.17, 15) is 0 Å². The molecule has 3 heterocycles. The molecule has 0 radical (unpaired) electrons. The van der Waals surface area contributed by atoms with Crippen molar-refractivity contribution in [3.8, 4) is 0 Å². The molecule has 3 aliphatic heterocycles. The van der Waals surface area contributed by atoms with Crippen LogP contribution in [0.5, 0.6) is 0 Å². The van der Waals surface area contributed by atoms with Crippen LogP contribution in [-0.4, -0.2) is 18.9 Å². The van der Waals surface area contributed by atoms with E-state index in [2.05, 4.69) is 55.5 Å². The number of fused-ring (bicyclic) bond motifs is 2. The van der Waals surface area contributed by atoms with Crippen molar-refractivity contribution in [1.82, 2.24) is 0 Å². The van der Waals surface area contributed by atoms with E-state index < -0.39 is 12.3 Å². The van der Waals surface area contributed by atoms with Gasteiger partial charge in [-0.05, 0) is 0 Å². The monoisotopic (exact) mass is 338 g/mol. The molecule has 2 bridgehead atoms. The number of benzene rings is 2. The van der Waals surface area contributed by atoms with Crippen LogP contribution in [0.4, 0.5) is 0 Å². The SMILES string of the molecule is CC12CCO[Se](Cl)(c3ccccc31)c1ccccc12. The Balaban J connectivity index is 2.16. The van der Waals surface area contributed by atoms with Gasteiger partial charge >= 0.3 is 120 Å². The van der Waals surface area contributed by atoms with E-state index in [1.165, 1.54) is 20.1 Å². The van der Waals surface area contributed by atoms with Crippen LogP contribution in [0.25, 0.3) is 0 Å². The summed E-state index contributed by atoms with van der Waals surface area (Å²) in [4.78, 5) is 0. The second-order valence-corrected chi connectivity index (χ2v) is 12.0. The molecule has 0 amide bonds. The predicted octanol–water partition coefficient (Wildman–Crippen LogP) is 2.52. The van der Waals surface area contributed by atoms with E-state index in [4.69, 9.17) is 13.9 Å². The molecule has 0 spiro atoms. The summed E-state index contributed by atoms with van der Waals surface area (Å²) in [7, 11) is 7.06. The first kappa shape index (κ1) is 12.0. The summed E-state index contributed by atoms with van der Waals surface area (Å²) in [5.41, 5.74) is 2.79. The summed E-state index contributed by atoms with van der Waals surface area (Å²) in [6.07, 6.45) is 1.01. The van der Waals surface area contributed by atoms with Crippen LogP contribution in [0.3, 0.4) is 0 Å². The van der Waals surface area contributed by atoms with Gasteiger partial charge in [0.05, 0.1) is 0 Å². The molecular formula is C16H15ClOSe. The van der Waals surface area contributed by atoms with Crippen LogP contribution in [0.1, 0.15) is 24.5 Å².